The van der Waals surface area contributed by atoms with Gasteiger partial charge in [0.1, 0.15) is 12.1 Å². The van der Waals surface area contributed by atoms with Gasteiger partial charge in [0, 0.05) is 13.6 Å². The van der Waals surface area contributed by atoms with Gasteiger partial charge in [-0.15, -0.1) is 0 Å². The lowest BCUT2D eigenvalue weighted by atomic mass is 10.2. The number of benzene rings is 1. The SMILES string of the molecule is Cc1nn(C)c2ncnc(NCc3ccc(NS(=O)(=O)O)cc3)c12. The van der Waals surface area contributed by atoms with Crippen LogP contribution in [0.2, 0.25) is 0 Å². The van der Waals surface area contributed by atoms with Crippen molar-refractivity contribution in [3.05, 3.63) is 41.9 Å². The van der Waals surface area contributed by atoms with Gasteiger partial charge in [0.25, 0.3) is 0 Å². The summed E-state index contributed by atoms with van der Waals surface area (Å²) in [4.78, 5) is 8.49. The number of anilines is 2. The van der Waals surface area contributed by atoms with E-state index in [4.69, 9.17) is 4.55 Å². The molecule has 0 unspecified atom stereocenters. The van der Waals surface area contributed by atoms with E-state index in [2.05, 4.69) is 20.4 Å². The Kier molecular flexibility index (Phi) is 4.08. The molecule has 3 N–H and O–H groups in total. The molecule has 0 spiro atoms. The van der Waals surface area contributed by atoms with Gasteiger partial charge in [0.2, 0.25) is 0 Å². The number of rotatable bonds is 5. The fourth-order valence-corrected chi connectivity index (χ4v) is 2.87. The van der Waals surface area contributed by atoms with Crippen molar-refractivity contribution in [2.75, 3.05) is 10.0 Å². The van der Waals surface area contributed by atoms with E-state index in [0.29, 0.717) is 12.4 Å². The standard InChI is InChI=1S/C14H16N6O3S/c1-9-12-13(16-8-17-14(12)20(2)18-9)15-7-10-3-5-11(6-4-10)19-24(21,22)23/h3-6,8,19H,7H2,1-2H3,(H,15,16,17)(H,21,22,23). The number of hydrogen-bond acceptors (Lipinski definition) is 6. The maximum absolute atomic E-state index is 10.8. The maximum atomic E-state index is 10.8. The van der Waals surface area contributed by atoms with E-state index in [1.807, 2.05) is 18.7 Å². The molecule has 1 aromatic carbocycles. The number of nitrogens with zero attached hydrogens (tertiary/aromatic N) is 4. The first-order chi connectivity index (χ1) is 11.3. The third kappa shape index (κ3) is 3.44. The van der Waals surface area contributed by atoms with Gasteiger partial charge in [0.05, 0.1) is 16.8 Å². The monoisotopic (exact) mass is 348 g/mol. The molecule has 0 atom stereocenters. The second-order valence-electron chi connectivity index (χ2n) is 5.26. The molecule has 3 aromatic rings. The van der Waals surface area contributed by atoms with Crippen molar-refractivity contribution in [3.63, 3.8) is 0 Å². The van der Waals surface area contributed by atoms with Gasteiger partial charge in [-0.1, -0.05) is 12.1 Å². The molecule has 0 radical (unpaired) electrons. The Labute approximate surface area is 138 Å². The van der Waals surface area contributed by atoms with E-state index >= 15 is 0 Å². The molecule has 0 fully saturated rings. The van der Waals surface area contributed by atoms with Crippen LogP contribution in [0.25, 0.3) is 11.0 Å². The van der Waals surface area contributed by atoms with E-state index in [0.717, 1.165) is 22.3 Å². The molecule has 0 aliphatic carbocycles. The van der Waals surface area contributed by atoms with Gasteiger partial charge < -0.3 is 5.32 Å². The zero-order valence-corrected chi connectivity index (χ0v) is 13.9. The predicted octanol–water partition coefficient (Wildman–Crippen LogP) is 1.50. The number of fused-ring (bicyclic) bond motifs is 1. The maximum Gasteiger partial charge on any atom is 0.357 e. The van der Waals surface area contributed by atoms with Crippen LogP contribution in [-0.2, 0) is 23.9 Å². The molecule has 2 heterocycles. The summed E-state index contributed by atoms with van der Waals surface area (Å²) >= 11 is 0. The zero-order valence-electron chi connectivity index (χ0n) is 13.1. The van der Waals surface area contributed by atoms with Gasteiger partial charge in [-0.2, -0.15) is 13.5 Å². The van der Waals surface area contributed by atoms with Crippen LogP contribution in [0.15, 0.2) is 30.6 Å². The minimum Gasteiger partial charge on any atom is -0.365 e. The van der Waals surface area contributed by atoms with Crippen molar-refractivity contribution in [3.8, 4) is 0 Å². The summed E-state index contributed by atoms with van der Waals surface area (Å²) in [6.45, 7) is 2.39. The van der Waals surface area contributed by atoms with Gasteiger partial charge in [-0.25, -0.2) is 9.97 Å². The van der Waals surface area contributed by atoms with Crippen molar-refractivity contribution in [1.82, 2.24) is 19.7 Å². The minimum absolute atomic E-state index is 0.286. The number of hydrogen-bond donors (Lipinski definition) is 3. The quantitative estimate of drug-likeness (QED) is 0.597. The molecule has 0 bridgehead atoms. The molecule has 3 rings (SSSR count). The number of nitrogens with one attached hydrogen (secondary N) is 2. The Morgan fingerprint density at radius 1 is 1.21 bits per heavy atom. The molecule has 0 saturated heterocycles. The van der Waals surface area contributed by atoms with Gasteiger partial charge >= 0.3 is 10.3 Å². The Morgan fingerprint density at radius 2 is 1.92 bits per heavy atom. The summed E-state index contributed by atoms with van der Waals surface area (Å²) in [5.41, 5.74) is 2.79. The summed E-state index contributed by atoms with van der Waals surface area (Å²) < 4.78 is 34.0. The van der Waals surface area contributed by atoms with Crippen molar-refractivity contribution in [2.45, 2.75) is 13.5 Å². The number of aryl methyl sites for hydroxylation is 2. The fourth-order valence-electron chi connectivity index (χ4n) is 2.44. The average molecular weight is 348 g/mol. The lowest BCUT2D eigenvalue weighted by molar-refractivity contribution is 0.489. The summed E-state index contributed by atoms with van der Waals surface area (Å²) in [6.07, 6.45) is 1.48. The van der Waals surface area contributed by atoms with E-state index in [-0.39, 0.29) is 5.69 Å². The summed E-state index contributed by atoms with van der Waals surface area (Å²) in [5.74, 6) is 0.686. The van der Waals surface area contributed by atoms with E-state index in [9.17, 15) is 8.42 Å². The first-order valence-electron chi connectivity index (χ1n) is 7.06. The van der Waals surface area contributed by atoms with Crippen molar-refractivity contribution >= 4 is 32.8 Å². The molecule has 9 nitrogen and oxygen atoms in total. The van der Waals surface area contributed by atoms with Crippen LogP contribution in [0.5, 0.6) is 0 Å². The second kappa shape index (κ2) is 6.06. The molecule has 24 heavy (non-hydrogen) atoms. The lowest BCUT2D eigenvalue weighted by Gasteiger charge is -2.08. The van der Waals surface area contributed by atoms with Crippen LogP contribution < -0.4 is 10.0 Å². The van der Waals surface area contributed by atoms with Gasteiger partial charge in [-0.3, -0.25) is 14.0 Å². The summed E-state index contributed by atoms with van der Waals surface area (Å²) in [5, 5.41) is 8.44. The van der Waals surface area contributed by atoms with Gasteiger partial charge in [0.15, 0.2) is 5.65 Å². The topological polar surface area (TPSA) is 122 Å². The molecule has 10 heteroatoms. The molecule has 0 aliphatic rings. The zero-order chi connectivity index (χ0) is 17.3. The van der Waals surface area contributed by atoms with E-state index in [1.54, 1.807) is 28.9 Å². The Bertz CT molecular complexity index is 982. The predicted molar refractivity (Wildman–Crippen MR) is 90.0 cm³/mol. The highest BCUT2D eigenvalue weighted by molar-refractivity contribution is 7.87. The highest BCUT2D eigenvalue weighted by Gasteiger charge is 2.11. The second-order valence-corrected chi connectivity index (χ2v) is 6.41. The van der Waals surface area contributed by atoms with Crippen LogP contribution in [0.4, 0.5) is 11.5 Å². The largest absolute Gasteiger partial charge is 0.365 e. The molecule has 0 aliphatic heterocycles. The average Bonchev–Trinajstić information content (AvgIpc) is 2.81. The highest BCUT2D eigenvalue weighted by Crippen LogP contribution is 2.22. The van der Waals surface area contributed by atoms with Crippen molar-refractivity contribution in [2.24, 2.45) is 7.05 Å². The highest BCUT2D eigenvalue weighted by atomic mass is 32.2. The van der Waals surface area contributed by atoms with Crippen LogP contribution in [0.1, 0.15) is 11.3 Å². The summed E-state index contributed by atoms with van der Waals surface area (Å²) in [7, 11) is -2.44. The van der Waals surface area contributed by atoms with E-state index in [1.165, 1.54) is 6.33 Å². The molecular weight excluding hydrogens is 332 g/mol. The third-order valence-electron chi connectivity index (χ3n) is 3.46. The molecule has 2 aromatic heterocycles. The van der Waals surface area contributed by atoms with Crippen molar-refractivity contribution < 1.29 is 13.0 Å². The van der Waals surface area contributed by atoms with Crippen LogP contribution in [0, 0.1) is 6.92 Å². The van der Waals surface area contributed by atoms with Crippen LogP contribution in [-0.4, -0.2) is 32.7 Å². The minimum atomic E-state index is -4.26. The molecule has 0 saturated carbocycles. The third-order valence-corrected chi connectivity index (χ3v) is 3.95. The Balaban J connectivity index is 1.77. The van der Waals surface area contributed by atoms with Gasteiger partial charge in [-0.05, 0) is 24.6 Å². The van der Waals surface area contributed by atoms with Crippen LogP contribution >= 0.6 is 0 Å². The Hall–Kier alpha value is -2.72. The van der Waals surface area contributed by atoms with E-state index < -0.39 is 10.3 Å². The summed E-state index contributed by atoms with van der Waals surface area (Å²) in [6, 6.07) is 6.62. The van der Waals surface area contributed by atoms with Crippen molar-refractivity contribution in [1.29, 1.82) is 0 Å². The Morgan fingerprint density at radius 3 is 2.58 bits per heavy atom. The lowest BCUT2D eigenvalue weighted by Crippen LogP contribution is -2.10. The number of aromatic nitrogens is 4. The smallest absolute Gasteiger partial charge is 0.357 e. The molecule has 126 valence electrons. The van der Waals surface area contributed by atoms with Crippen LogP contribution in [0.3, 0.4) is 0 Å². The molecular formula is C14H16N6O3S. The first-order valence-corrected chi connectivity index (χ1v) is 8.50. The normalized spacial score (nSPS) is 11.6. The first kappa shape index (κ1) is 16.1. The fraction of sp³-hybridized carbons (Fsp3) is 0.214. The molecule has 0 amide bonds.